The van der Waals surface area contributed by atoms with E-state index < -0.39 is 27.6 Å². The first kappa shape index (κ1) is 25.8. The van der Waals surface area contributed by atoms with E-state index in [0.29, 0.717) is 18.9 Å². The first-order chi connectivity index (χ1) is 15.4. The van der Waals surface area contributed by atoms with Gasteiger partial charge in [-0.25, -0.2) is 13.4 Å². The second kappa shape index (κ2) is 9.80. The molecule has 33 heavy (non-hydrogen) atoms. The minimum absolute atomic E-state index is 0.00724. The van der Waals surface area contributed by atoms with E-state index in [1.54, 1.807) is 6.92 Å². The number of pyridine rings is 1. The Hall–Kier alpha value is -1.84. The van der Waals surface area contributed by atoms with Crippen LogP contribution in [0.5, 0.6) is 5.88 Å². The van der Waals surface area contributed by atoms with Crippen LogP contribution in [0.3, 0.4) is 0 Å². The first-order valence-corrected chi connectivity index (χ1v) is 13.4. The minimum atomic E-state index is -4.64. The summed E-state index contributed by atoms with van der Waals surface area (Å²) in [5.74, 6) is 0.216. The fourth-order valence-electron chi connectivity index (χ4n) is 5.02. The van der Waals surface area contributed by atoms with Crippen molar-refractivity contribution >= 4 is 15.7 Å². The Morgan fingerprint density at radius 3 is 2.45 bits per heavy atom. The maximum absolute atomic E-state index is 13.1. The molecule has 2 aliphatic rings. The number of sulfone groups is 1. The molecule has 0 atom stereocenters. The number of alkyl halides is 3. The van der Waals surface area contributed by atoms with Crippen molar-refractivity contribution in [2.75, 3.05) is 24.7 Å². The van der Waals surface area contributed by atoms with Crippen LogP contribution in [0.25, 0.3) is 0 Å². The number of nitrogens with zero attached hydrogens (tertiary/aromatic N) is 1. The Balaban J connectivity index is 1.71. The molecule has 10 heteroatoms. The van der Waals surface area contributed by atoms with Crippen molar-refractivity contribution < 1.29 is 31.1 Å². The maximum Gasteiger partial charge on any atom is 0.433 e. The summed E-state index contributed by atoms with van der Waals surface area (Å²) in [6.45, 7) is 5.34. The molecule has 1 N–H and O–H groups in total. The van der Waals surface area contributed by atoms with Crippen LogP contribution in [0.2, 0.25) is 0 Å². The van der Waals surface area contributed by atoms with Gasteiger partial charge in [-0.2, -0.15) is 13.2 Å². The highest BCUT2D eigenvalue weighted by atomic mass is 32.2. The number of halogens is 3. The third-order valence-corrected chi connectivity index (χ3v) is 8.48. The van der Waals surface area contributed by atoms with Crippen LogP contribution in [0, 0.1) is 24.2 Å². The molecule has 0 unspecified atom stereocenters. The molecule has 6 nitrogen and oxygen atoms in total. The number of hydrogen-bond donors (Lipinski definition) is 1. The summed E-state index contributed by atoms with van der Waals surface area (Å²) < 4.78 is 69.1. The molecular formula is C23H33F3N2O4S. The molecule has 0 aromatic carbocycles. The molecule has 1 aromatic rings. The number of nitrogens with one attached hydrogen (secondary N) is 1. The summed E-state index contributed by atoms with van der Waals surface area (Å²) in [6, 6.07) is 0.857. The summed E-state index contributed by atoms with van der Waals surface area (Å²) in [6.07, 6.45) is 0.639. The van der Waals surface area contributed by atoms with Gasteiger partial charge in [0.15, 0.2) is 9.84 Å². The molecular weight excluding hydrogens is 457 g/mol. The predicted molar refractivity (Wildman–Crippen MR) is 119 cm³/mol. The average molecular weight is 491 g/mol. The number of ether oxygens (including phenoxy) is 1. The lowest BCUT2D eigenvalue weighted by molar-refractivity contribution is -0.141. The summed E-state index contributed by atoms with van der Waals surface area (Å²) >= 11 is 0. The van der Waals surface area contributed by atoms with Crippen LogP contribution in [0.15, 0.2) is 6.07 Å². The lowest BCUT2D eigenvalue weighted by Crippen LogP contribution is -2.48. The smallest absolute Gasteiger partial charge is 0.433 e. The lowest BCUT2D eigenvalue weighted by Gasteiger charge is -2.48. The molecule has 2 aliphatic carbocycles. The van der Waals surface area contributed by atoms with Crippen molar-refractivity contribution in [3.05, 3.63) is 22.9 Å². The van der Waals surface area contributed by atoms with Crippen molar-refractivity contribution in [2.24, 2.45) is 17.3 Å². The van der Waals surface area contributed by atoms with Gasteiger partial charge >= 0.3 is 6.18 Å². The highest BCUT2D eigenvalue weighted by Crippen LogP contribution is 2.54. The minimum Gasteiger partial charge on any atom is -0.477 e. The van der Waals surface area contributed by atoms with Gasteiger partial charge in [-0.05, 0) is 68.4 Å². The summed E-state index contributed by atoms with van der Waals surface area (Å²) in [7, 11) is -3.07. The molecule has 1 aromatic heterocycles. The highest BCUT2D eigenvalue weighted by molar-refractivity contribution is 7.91. The zero-order chi connectivity index (χ0) is 24.4. The number of amides is 1. The van der Waals surface area contributed by atoms with E-state index in [0.717, 1.165) is 38.2 Å². The second-order valence-electron chi connectivity index (χ2n) is 9.65. The Bertz CT molecular complexity index is 969. The zero-order valence-electron chi connectivity index (χ0n) is 19.4. The van der Waals surface area contributed by atoms with Crippen LogP contribution < -0.4 is 10.1 Å². The average Bonchev–Trinajstić information content (AvgIpc) is 3.47. The van der Waals surface area contributed by atoms with E-state index in [1.807, 2.05) is 6.92 Å². The lowest BCUT2D eigenvalue weighted by atomic mass is 9.60. The van der Waals surface area contributed by atoms with Gasteiger partial charge in [-0.15, -0.1) is 0 Å². The van der Waals surface area contributed by atoms with E-state index in [4.69, 9.17) is 4.74 Å². The van der Waals surface area contributed by atoms with Crippen molar-refractivity contribution in [3.63, 3.8) is 0 Å². The number of rotatable bonds is 11. The molecule has 1 amide bonds. The molecule has 0 aliphatic heterocycles. The first-order valence-electron chi connectivity index (χ1n) is 11.6. The van der Waals surface area contributed by atoms with Gasteiger partial charge in [-0.3, -0.25) is 4.79 Å². The largest absolute Gasteiger partial charge is 0.477 e. The molecule has 2 fully saturated rings. The zero-order valence-corrected chi connectivity index (χ0v) is 20.2. The van der Waals surface area contributed by atoms with E-state index >= 15 is 0 Å². The van der Waals surface area contributed by atoms with Gasteiger partial charge in [0.25, 0.3) is 5.91 Å². The molecule has 3 rings (SSSR count). The van der Waals surface area contributed by atoms with Gasteiger partial charge in [0.1, 0.15) is 11.3 Å². The fraction of sp³-hybridized carbons (Fsp3) is 0.739. The van der Waals surface area contributed by atoms with E-state index in [2.05, 4.69) is 10.3 Å². The fourth-order valence-corrected chi connectivity index (χ4v) is 6.76. The monoisotopic (exact) mass is 490 g/mol. The summed E-state index contributed by atoms with van der Waals surface area (Å²) in [4.78, 5) is 16.5. The van der Waals surface area contributed by atoms with Crippen molar-refractivity contribution in [1.82, 2.24) is 10.3 Å². The highest BCUT2D eigenvalue weighted by Gasteiger charge is 2.48. The van der Waals surface area contributed by atoms with Crippen LogP contribution in [0.4, 0.5) is 13.2 Å². The van der Waals surface area contributed by atoms with Gasteiger partial charge in [0.05, 0.1) is 12.4 Å². The van der Waals surface area contributed by atoms with Crippen LogP contribution in [-0.2, 0) is 16.0 Å². The standard InChI is InChI=1S/C23H33F3N2O4S/c1-4-8-33(30,31)13-17-11-22(12-17,10-16-6-7-16)14-27-20(29)19-15(3)9-18(23(24,25)26)28-21(19)32-5-2/h9,16-17H,4-8,10-14H2,1-3H3,(H,27,29)/t17-,22+. The number of carbonyl (C=O) groups excluding carboxylic acids is 1. The van der Waals surface area contributed by atoms with Crippen LogP contribution >= 0.6 is 0 Å². The summed E-state index contributed by atoms with van der Waals surface area (Å²) in [5, 5.41) is 2.89. The third kappa shape index (κ3) is 6.61. The molecule has 2 saturated carbocycles. The molecule has 1 heterocycles. The molecule has 0 bridgehead atoms. The Morgan fingerprint density at radius 1 is 1.24 bits per heavy atom. The van der Waals surface area contributed by atoms with E-state index in [1.165, 1.54) is 6.92 Å². The number of aromatic nitrogens is 1. The quantitative estimate of drug-likeness (QED) is 0.492. The van der Waals surface area contributed by atoms with Gasteiger partial charge < -0.3 is 10.1 Å². The normalized spacial score (nSPS) is 23.2. The molecule has 0 radical (unpaired) electrons. The van der Waals surface area contributed by atoms with Crippen molar-refractivity contribution in [1.29, 1.82) is 0 Å². The maximum atomic E-state index is 13.1. The molecule has 0 saturated heterocycles. The van der Waals surface area contributed by atoms with Crippen molar-refractivity contribution in [2.45, 2.75) is 65.5 Å². The summed E-state index contributed by atoms with van der Waals surface area (Å²) in [5.41, 5.74) is -1.11. The van der Waals surface area contributed by atoms with E-state index in [-0.39, 0.29) is 46.5 Å². The number of hydrogen-bond acceptors (Lipinski definition) is 5. The van der Waals surface area contributed by atoms with Gasteiger partial charge in [0.2, 0.25) is 5.88 Å². The SMILES string of the molecule is CCCS(=O)(=O)C[C@H]1C[C@](CNC(=O)c2c(C)cc(C(F)(F)F)nc2OCC)(CC2CC2)C1. The second-order valence-corrected chi connectivity index (χ2v) is 11.9. The topological polar surface area (TPSA) is 85.4 Å². The predicted octanol–water partition coefficient (Wildman–Crippen LogP) is 4.56. The van der Waals surface area contributed by atoms with Gasteiger partial charge in [0, 0.05) is 12.3 Å². The third-order valence-electron chi connectivity index (χ3n) is 6.47. The Kier molecular flexibility index (Phi) is 7.65. The molecule has 0 spiro atoms. The van der Waals surface area contributed by atoms with Crippen molar-refractivity contribution in [3.8, 4) is 5.88 Å². The van der Waals surface area contributed by atoms with E-state index in [9.17, 15) is 26.4 Å². The molecule has 186 valence electrons. The Labute approximate surface area is 193 Å². The van der Waals surface area contributed by atoms with Crippen LogP contribution in [0.1, 0.15) is 74.0 Å². The number of carbonyl (C=O) groups is 1. The van der Waals surface area contributed by atoms with Gasteiger partial charge in [-0.1, -0.05) is 19.8 Å². The Morgan fingerprint density at radius 2 is 1.91 bits per heavy atom. The number of aryl methyl sites for hydroxylation is 1. The van der Waals surface area contributed by atoms with Crippen LogP contribution in [-0.4, -0.2) is 44.0 Å².